The monoisotopic (exact) mass is 319 g/mol. The maximum atomic E-state index is 4.68. The van der Waals surface area contributed by atoms with Crippen molar-refractivity contribution in [3.8, 4) is 0 Å². The van der Waals surface area contributed by atoms with Crippen LogP contribution in [0.1, 0.15) is 18.2 Å². The highest BCUT2D eigenvalue weighted by Gasteiger charge is 2.11. The molecule has 0 fully saturated rings. The van der Waals surface area contributed by atoms with Crippen LogP contribution in [0, 0.1) is 6.92 Å². The van der Waals surface area contributed by atoms with Crippen LogP contribution in [-0.2, 0) is 6.54 Å². The summed E-state index contributed by atoms with van der Waals surface area (Å²) >= 11 is 0. The van der Waals surface area contributed by atoms with Gasteiger partial charge in [-0.25, -0.2) is 4.98 Å². The Morgan fingerprint density at radius 2 is 1.75 bits per heavy atom. The Bertz CT molecular complexity index is 774. The van der Waals surface area contributed by atoms with E-state index >= 15 is 0 Å². The summed E-state index contributed by atoms with van der Waals surface area (Å²) in [5, 5.41) is 3.37. The SMILES string of the molecule is CCN(c1ccccc1)c1nc(C)cc(NCc2ccncc2)n1. The summed E-state index contributed by atoms with van der Waals surface area (Å²) < 4.78 is 0. The van der Waals surface area contributed by atoms with Crippen molar-refractivity contribution in [2.75, 3.05) is 16.8 Å². The highest BCUT2D eigenvalue weighted by molar-refractivity contribution is 5.58. The van der Waals surface area contributed by atoms with E-state index in [4.69, 9.17) is 0 Å². The summed E-state index contributed by atoms with van der Waals surface area (Å²) in [4.78, 5) is 15.4. The summed E-state index contributed by atoms with van der Waals surface area (Å²) in [6, 6.07) is 16.1. The first-order valence-electron chi connectivity index (χ1n) is 8.07. The van der Waals surface area contributed by atoms with Crippen LogP contribution in [0.2, 0.25) is 0 Å². The largest absolute Gasteiger partial charge is 0.366 e. The van der Waals surface area contributed by atoms with Crippen LogP contribution in [-0.4, -0.2) is 21.5 Å². The van der Waals surface area contributed by atoms with Crippen LogP contribution in [0.5, 0.6) is 0 Å². The highest BCUT2D eigenvalue weighted by atomic mass is 15.3. The molecular weight excluding hydrogens is 298 g/mol. The van der Waals surface area contributed by atoms with Gasteiger partial charge in [0.25, 0.3) is 0 Å². The van der Waals surface area contributed by atoms with E-state index in [-0.39, 0.29) is 0 Å². The van der Waals surface area contributed by atoms with Crippen LogP contribution in [0.15, 0.2) is 60.9 Å². The van der Waals surface area contributed by atoms with Crippen molar-refractivity contribution in [3.05, 3.63) is 72.2 Å². The molecule has 5 heteroatoms. The summed E-state index contributed by atoms with van der Waals surface area (Å²) in [6.45, 7) is 5.59. The fraction of sp³-hybridized carbons (Fsp3) is 0.211. The second-order valence-electron chi connectivity index (χ2n) is 5.48. The maximum Gasteiger partial charge on any atom is 0.232 e. The van der Waals surface area contributed by atoms with Crippen molar-refractivity contribution < 1.29 is 0 Å². The van der Waals surface area contributed by atoms with E-state index < -0.39 is 0 Å². The number of hydrogen-bond donors (Lipinski definition) is 1. The lowest BCUT2D eigenvalue weighted by Gasteiger charge is -2.22. The number of nitrogens with one attached hydrogen (secondary N) is 1. The summed E-state index contributed by atoms with van der Waals surface area (Å²) in [5.74, 6) is 1.53. The molecule has 0 aliphatic carbocycles. The van der Waals surface area contributed by atoms with Gasteiger partial charge in [-0.15, -0.1) is 0 Å². The van der Waals surface area contributed by atoms with E-state index in [0.717, 1.165) is 23.7 Å². The van der Waals surface area contributed by atoms with Crippen molar-refractivity contribution in [1.29, 1.82) is 0 Å². The molecule has 5 nitrogen and oxygen atoms in total. The minimum atomic E-state index is 0.704. The van der Waals surface area contributed by atoms with Crippen molar-refractivity contribution in [2.45, 2.75) is 20.4 Å². The number of anilines is 3. The molecule has 0 amide bonds. The lowest BCUT2D eigenvalue weighted by Crippen LogP contribution is -2.19. The fourth-order valence-corrected chi connectivity index (χ4v) is 2.50. The van der Waals surface area contributed by atoms with E-state index in [2.05, 4.69) is 44.2 Å². The van der Waals surface area contributed by atoms with Gasteiger partial charge < -0.3 is 10.2 Å². The van der Waals surface area contributed by atoms with Crippen LogP contribution < -0.4 is 10.2 Å². The van der Waals surface area contributed by atoms with Gasteiger partial charge >= 0.3 is 0 Å². The molecule has 0 spiro atoms. The fourth-order valence-electron chi connectivity index (χ4n) is 2.50. The van der Waals surface area contributed by atoms with E-state index in [1.54, 1.807) is 12.4 Å². The van der Waals surface area contributed by atoms with Crippen molar-refractivity contribution in [3.63, 3.8) is 0 Å². The van der Waals surface area contributed by atoms with Gasteiger partial charge in [-0.1, -0.05) is 18.2 Å². The van der Waals surface area contributed by atoms with Gasteiger partial charge in [0.1, 0.15) is 5.82 Å². The first-order chi connectivity index (χ1) is 11.8. The summed E-state index contributed by atoms with van der Waals surface area (Å²) in [5.41, 5.74) is 3.19. The third-order valence-electron chi connectivity index (χ3n) is 3.69. The van der Waals surface area contributed by atoms with Gasteiger partial charge in [0.2, 0.25) is 5.95 Å². The Hall–Kier alpha value is -2.95. The zero-order chi connectivity index (χ0) is 16.8. The zero-order valence-electron chi connectivity index (χ0n) is 14.0. The molecule has 0 atom stereocenters. The Labute approximate surface area is 142 Å². The molecule has 0 bridgehead atoms. The molecule has 0 radical (unpaired) electrons. The Balaban J connectivity index is 1.83. The van der Waals surface area contributed by atoms with E-state index in [9.17, 15) is 0 Å². The Morgan fingerprint density at radius 3 is 2.46 bits per heavy atom. The Morgan fingerprint density at radius 1 is 1.00 bits per heavy atom. The Kier molecular flexibility index (Phi) is 5.01. The molecule has 0 aliphatic rings. The van der Waals surface area contributed by atoms with Crippen molar-refractivity contribution in [2.24, 2.45) is 0 Å². The average molecular weight is 319 g/mol. The van der Waals surface area contributed by atoms with E-state index in [0.29, 0.717) is 12.5 Å². The lowest BCUT2D eigenvalue weighted by atomic mass is 10.2. The second-order valence-corrected chi connectivity index (χ2v) is 5.48. The van der Waals surface area contributed by atoms with Crippen molar-refractivity contribution in [1.82, 2.24) is 15.0 Å². The van der Waals surface area contributed by atoms with Crippen LogP contribution in [0.3, 0.4) is 0 Å². The van der Waals surface area contributed by atoms with Gasteiger partial charge in [-0.2, -0.15) is 4.98 Å². The number of para-hydroxylation sites is 1. The third-order valence-corrected chi connectivity index (χ3v) is 3.69. The molecule has 3 aromatic rings. The number of aromatic nitrogens is 3. The molecule has 2 aromatic heterocycles. The van der Waals surface area contributed by atoms with Gasteiger partial charge in [0.05, 0.1) is 0 Å². The lowest BCUT2D eigenvalue weighted by molar-refractivity contribution is 0.930. The van der Waals surface area contributed by atoms with Gasteiger partial charge in [0, 0.05) is 42.9 Å². The highest BCUT2D eigenvalue weighted by Crippen LogP contribution is 2.23. The molecule has 122 valence electrons. The summed E-state index contributed by atoms with van der Waals surface area (Å²) in [6.07, 6.45) is 3.59. The van der Waals surface area contributed by atoms with Crippen LogP contribution >= 0.6 is 0 Å². The van der Waals surface area contributed by atoms with Gasteiger partial charge in [0.15, 0.2) is 0 Å². The number of pyridine rings is 1. The number of nitrogens with zero attached hydrogens (tertiary/aromatic N) is 4. The van der Waals surface area contributed by atoms with E-state index in [1.165, 1.54) is 5.56 Å². The predicted octanol–water partition coefficient (Wildman–Crippen LogP) is 3.95. The van der Waals surface area contributed by atoms with Crippen LogP contribution in [0.25, 0.3) is 0 Å². The molecular formula is C19H21N5. The summed E-state index contributed by atoms with van der Waals surface area (Å²) in [7, 11) is 0. The zero-order valence-corrected chi connectivity index (χ0v) is 14.0. The first kappa shape index (κ1) is 15.9. The molecule has 3 rings (SSSR count). The normalized spacial score (nSPS) is 10.4. The molecule has 0 aliphatic heterocycles. The second kappa shape index (κ2) is 7.55. The molecule has 1 aromatic carbocycles. The maximum absolute atomic E-state index is 4.68. The van der Waals surface area contributed by atoms with E-state index in [1.807, 2.05) is 43.3 Å². The van der Waals surface area contributed by atoms with Crippen molar-refractivity contribution >= 4 is 17.5 Å². The molecule has 2 heterocycles. The predicted molar refractivity (Wildman–Crippen MR) is 97.5 cm³/mol. The minimum absolute atomic E-state index is 0.704. The molecule has 24 heavy (non-hydrogen) atoms. The third kappa shape index (κ3) is 3.87. The number of rotatable bonds is 6. The number of benzene rings is 1. The van der Waals surface area contributed by atoms with Crippen LogP contribution in [0.4, 0.5) is 17.5 Å². The standard InChI is InChI=1S/C19H21N5/c1-3-24(17-7-5-4-6-8-17)19-22-15(2)13-18(23-19)21-14-16-9-11-20-12-10-16/h4-13H,3,14H2,1-2H3,(H,21,22,23). The minimum Gasteiger partial charge on any atom is -0.366 e. The molecule has 1 N–H and O–H groups in total. The molecule has 0 unspecified atom stereocenters. The smallest absolute Gasteiger partial charge is 0.232 e. The molecule has 0 saturated carbocycles. The van der Waals surface area contributed by atoms with Gasteiger partial charge in [-0.3, -0.25) is 4.98 Å². The first-order valence-corrected chi connectivity index (χ1v) is 8.07. The quantitative estimate of drug-likeness (QED) is 0.745. The molecule has 0 saturated heterocycles. The number of aryl methyl sites for hydroxylation is 1. The van der Waals surface area contributed by atoms with Gasteiger partial charge in [-0.05, 0) is 43.7 Å². The average Bonchev–Trinajstić information content (AvgIpc) is 2.62. The number of hydrogen-bond acceptors (Lipinski definition) is 5. The topological polar surface area (TPSA) is 53.9 Å².